The first-order valence-corrected chi connectivity index (χ1v) is 9.65. The third-order valence-electron chi connectivity index (χ3n) is 5.96. The Hall–Kier alpha value is -2.94. The van der Waals surface area contributed by atoms with Crippen molar-refractivity contribution in [3.05, 3.63) is 82.9 Å². The second-order valence-corrected chi connectivity index (χ2v) is 7.64. The predicted octanol–water partition coefficient (Wildman–Crippen LogP) is 4.58. The zero-order valence-electron chi connectivity index (χ0n) is 15.4. The Morgan fingerprint density at radius 2 is 1.74 bits per heavy atom. The Morgan fingerprint density at radius 1 is 0.963 bits per heavy atom. The molecule has 5 rings (SSSR count). The van der Waals surface area contributed by atoms with Crippen LogP contribution in [0.2, 0.25) is 0 Å². The van der Waals surface area contributed by atoms with Crippen molar-refractivity contribution in [1.29, 1.82) is 0 Å². The number of carbonyl (C=O) groups is 1. The van der Waals surface area contributed by atoms with Gasteiger partial charge in [0.05, 0.1) is 5.71 Å². The first-order valence-electron chi connectivity index (χ1n) is 9.65. The van der Waals surface area contributed by atoms with E-state index in [1.54, 1.807) is 0 Å². The highest BCUT2D eigenvalue weighted by Gasteiger charge is 2.43. The largest absolute Gasteiger partial charge is 0.273 e. The van der Waals surface area contributed by atoms with E-state index in [-0.39, 0.29) is 11.8 Å². The van der Waals surface area contributed by atoms with Gasteiger partial charge in [0.15, 0.2) is 0 Å². The zero-order chi connectivity index (χ0) is 18.4. The molecular formula is C24H22N2O. The van der Waals surface area contributed by atoms with Crippen LogP contribution in [0.5, 0.6) is 0 Å². The zero-order valence-corrected chi connectivity index (χ0v) is 15.4. The summed E-state index contributed by atoms with van der Waals surface area (Å²) in [5.74, 6) is 0.393. The smallest absolute Gasteiger partial charge is 0.243 e. The molecule has 0 saturated heterocycles. The lowest BCUT2D eigenvalue weighted by Crippen LogP contribution is -2.21. The quantitative estimate of drug-likeness (QED) is 0.541. The predicted molar refractivity (Wildman–Crippen MR) is 109 cm³/mol. The molecule has 0 spiro atoms. The van der Waals surface area contributed by atoms with Crippen molar-refractivity contribution >= 4 is 22.4 Å². The summed E-state index contributed by atoms with van der Waals surface area (Å²) < 4.78 is 0. The van der Waals surface area contributed by atoms with E-state index in [4.69, 9.17) is 0 Å². The highest BCUT2D eigenvalue weighted by Crippen LogP contribution is 2.47. The van der Waals surface area contributed by atoms with Crippen molar-refractivity contribution in [3.63, 3.8) is 0 Å². The monoisotopic (exact) mass is 354 g/mol. The maximum atomic E-state index is 12.5. The Balaban J connectivity index is 1.35. The lowest BCUT2D eigenvalue weighted by molar-refractivity contribution is -0.122. The van der Waals surface area contributed by atoms with E-state index in [9.17, 15) is 4.79 Å². The lowest BCUT2D eigenvalue weighted by atomic mass is 9.98. The molecule has 2 aliphatic carbocycles. The minimum Gasteiger partial charge on any atom is -0.273 e. The molecule has 0 aromatic heterocycles. The van der Waals surface area contributed by atoms with Crippen molar-refractivity contribution in [1.82, 2.24) is 5.43 Å². The summed E-state index contributed by atoms with van der Waals surface area (Å²) in [6, 6.07) is 21.1. The van der Waals surface area contributed by atoms with Crippen molar-refractivity contribution < 1.29 is 4.79 Å². The van der Waals surface area contributed by atoms with E-state index in [2.05, 4.69) is 53.0 Å². The second-order valence-electron chi connectivity index (χ2n) is 7.64. The molecule has 1 N–H and O–H groups in total. The third-order valence-corrected chi connectivity index (χ3v) is 5.96. The van der Waals surface area contributed by atoms with E-state index in [0.717, 1.165) is 30.5 Å². The molecule has 3 aromatic carbocycles. The summed E-state index contributed by atoms with van der Waals surface area (Å²) >= 11 is 0. The van der Waals surface area contributed by atoms with Crippen LogP contribution in [0, 0.1) is 5.92 Å². The second kappa shape index (κ2) is 6.34. The van der Waals surface area contributed by atoms with Gasteiger partial charge in [-0.1, -0.05) is 60.7 Å². The molecule has 27 heavy (non-hydrogen) atoms. The van der Waals surface area contributed by atoms with Crippen molar-refractivity contribution in [2.75, 3.05) is 0 Å². The van der Waals surface area contributed by atoms with Gasteiger partial charge >= 0.3 is 0 Å². The lowest BCUT2D eigenvalue weighted by Gasteiger charge is -2.09. The topological polar surface area (TPSA) is 41.5 Å². The molecule has 2 aliphatic rings. The molecule has 0 aliphatic heterocycles. The van der Waals surface area contributed by atoms with Crippen LogP contribution in [0.25, 0.3) is 10.8 Å². The van der Waals surface area contributed by atoms with E-state index in [0.29, 0.717) is 5.92 Å². The molecule has 1 fully saturated rings. The van der Waals surface area contributed by atoms with Crippen LogP contribution >= 0.6 is 0 Å². The van der Waals surface area contributed by atoms with Gasteiger partial charge in [0.1, 0.15) is 0 Å². The van der Waals surface area contributed by atoms with Crippen molar-refractivity contribution in [2.45, 2.75) is 32.1 Å². The summed E-state index contributed by atoms with van der Waals surface area (Å²) in [4.78, 5) is 12.5. The molecule has 3 nitrogen and oxygen atoms in total. The van der Waals surface area contributed by atoms with E-state index in [1.165, 1.54) is 27.5 Å². The van der Waals surface area contributed by atoms with Crippen LogP contribution in [0.4, 0.5) is 0 Å². The summed E-state index contributed by atoms with van der Waals surface area (Å²) in [6.07, 6.45) is 3.14. The highest BCUT2D eigenvalue weighted by molar-refractivity contribution is 6.11. The van der Waals surface area contributed by atoms with Gasteiger partial charge in [-0.2, -0.15) is 5.10 Å². The summed E-state index contributed by atoms with van der Waals surface area (Å²) in [7, 11) is 0. The maximum Gasteiger partial charge on any atom is 0.243 e. The fourth-order valence-corrected chi connectivity index (χ4v) is 4.40. The molecule has 0 radical (unpaired) electrons. The highest BCUT2D eigenvalue weighted by atomic mass is 16.2. The van der Waals surface area contributed by atoms with Gasteiger partial charge < -0.3 is 0 Å². The Kier molecular flexibility index (Phi) is 3.82. The fraction of sp³-hybridized carbons (Fsp3) is 0.250. The average molecular weight is 354 g/mol. The number of benzene rings is 3. The average Bonchev–Trinajstić information content (AvgIpc) is 3.41. The molecule has 0 bridgehead atoms. The molecule has 2 atom stereocenters. The van der Waals surface area contributed by atoms with Crippen LogP contribution in [0.15, 0.2) is 65.8 Å². The van der Waals surface area contributed by atoms with Crippen molar-refractivity contribution in [2.24, 2.45) is 11.0 Å². The first kappa shape index (κ1) is 16.2. The van der Waals surface area contributed by atoms with Crippen LogP contribution in [-0.2, 0) is 17.6 Å². The Morgan fingerprint density at radius 3 is 2.56 bits per heavy atom. The van der Waals surface area contributed by atoms with Gasteiger partial charge in [0.25, 0.3) is 0 Å². The van der Waals surface area contributed by atoms with Gasteiger partial charge in [-0.25, -0.2) is 5.43 Å². The Bertz CT molecular complexity index is 1060. The number of aryl methyl sites for hydroxylation is 2. The van der Waals surface area contributed by atoms with Gasteiger partial charge in [-0.15, -0.1) is 0 Å². The van der Waals surface area contributed by atoms with E-state index in [1.807, 2.05) is 25.1 Å². The molecule has 0 heterocycles. The molecule has 3 aromatic rings. The van der Waals surface area contributed by atoms with Gasteiger partial charge in [0.2, 0.25) is 5.91 Å². The number of nitrogens with zero attached hydrogens (tertiary/aromatic N) is 1. The normalized spacial score (nSPS) is 20.7. The molecule has 1 saturated carbocycles. The van der Waals surface area contributed by atoms with Gasteiger partial charge in [0, 0.05) is 11.5 Å². The summed E-state index contributed by atoms with van der Waals surface area (Å²) in [5, 5.41) is 7.05. The number of hydrogen-bond donors (Lipinski definition) is 1. The van der Waals surface area contributed by atoms with Crippen LogP contribution in [0.3, 0.4) is 0 Å². The minimum atomic E-state index is 0.0223. The number of rotatable bonds is 4. The number of amides is 1. The third kappa shape index (κ3) is 2.84. The molecule has 2 unspecified atom stereocenters. The van der Waals surface area contributed by atoms with E-state index >= 15 is 0 Å². The standard InChI is InChI=1S/C24H22N2O/c1-15(19-13-12-18-11-10-17-8-5-9-20(19)23(17)18)25-26-24(27)22-14-21(22)16-6-3-2-4-7-16/h2-9,12-13,21-22H,10-11,14H2,1H3,(H,26,27). The molecule has 134 valence electrons. The minimum absolute atomic E-state index is 0.0223. The van der Waals surface area contributed by atoms with E-state index < -0.39 is 0 Å². The number of hydrazone groups is 1. The Labute approximate surface area is 159 Å². The fourth-order valence-electron chi connectivity index (χ4n) is 4.40. The van der Waals surface area contributed by atoms with Crippen LogP contribution in [-0.4, -0.2) is 11.6 Å². The number of hydrogen-bond acceptors (Lipinski definition) is 2. The maximum absolute atomic E-state index is 12.5. The number of nitrogens with one attached hydrogen (secondary N) is 1. The summed E-state index contributed by atoms with van der Waals surface area (Å²) in [5.41, 5.74) is 8.85. The molecular weight excluding hydrogens is 332 g/mol. The SMILES string of the molecule is CC(=NNC(=O)C1CC1c1ccccc1)c1ccc2c3c(cccc13)CC2. The molecule has 1 amide bonds. The van der Waals surface area contributed by atoms with Gasteiger partial charge in [-0.05, 0) is 59.6 Å². The molecule has 3 heteroatoms. The van der Waals surface area contributed by atoms with Crippen LogP contribution in [0.1, 0.15) is 41.5 Å². The van der Waals surface area contributed by atoms with Crippen LogP contribution < -0.4 is 5.43 Å². The number of carbonyl (C=O) groups excluding carboxylic acids is 1. The van der Waals surface area contributed by atoms with Crippen molar-refractivity contribution in [3.8, 4) is 0 Å². The first-order chi connectivity index (χ1) is 13.2. The van der Waals surface area contributed by atoms with Gasteiger partial charge in [-0.3, -0.25) is 4.79 Å². The summed E-state index contributed by atoms with van der Waals surface area (Å²) in [6.45, 7) is 1.97.